The van der Waals surface area contributed by atoms with Gasteiger partial charge >= 0.3 is 5.97 Å². The predicted octanol–water partition coefficient (Wildman–Crippen LogP) is 2.32. The molecule has 0 aromatic carbocycles. The third-order valence-corrected chi connectivity index (χ3v) is 5.39. The Balaban J connectivity index is 1.57. The molecule has 4 rings (SSSR count). The molecule has 8 heteroatoms. The highest BCUT2D eigenvalue weighted by atomic mass is 32.1. The summed E-state index contributed by atoms with van der Waals surface area (Å²) in [5.74, 6) is -0.259. The molecule has 0 saturated heterocycles. The first-order chi connectivity index (χ1) is 12.1. The van der Waals surface area contributed by atoms with Crippen molar-refractivity contribution < 1.29 is 9.53 Å². The number of fused-ring (bicyclic) bond motifs is 3. The van der Waals surface area contributed by atoms with Crippen molar-refractivity contribution in [2.75, 3.05) is 0 Å². The second kappa shape index (κ2) is 6.36. The number of carbonyl (C=O) groups is 1. The van der Waals surface area contributed by atoms with Gasteiger partial charge in [0.15, 0.2) is 5.69 Å². The van der Waals surface area contributed by atoms with Crippen LogP contribution in [0.2, 0.25) is 0 Å². The van der Waals surface area contributed by atoms with E-state index in [2.05, 4.69) is 19.9 Å². The summed E-state index contributed by atoms with van der Waals surface area (Å²) in [5, 5.41) is 0.694. The van der Waals surface area contributed by atoms with E-state index in [0.29, 0.717) is 11.2 Å². The smallest absolute Gasteiger partial charge is 0.358 e. The molecule has 128 valence electrons. The van der Waals surface area contributed by atoms with Crippen molar-refractivity contribution in [3.8, 4) is 0 Å². The number of ether oxygens (including phenoxy) is 1. The maximum absolute atomic E-state index is 12.4. The Morgan fingerprint density at radius 1 is 1.28 bits per heavy atom. The van der Waals surface area contributed by atoms with Gasteiger partial charge in [-0.25, -0.2) is 14.8 Å². The van der Waals surface area contributed by atoms with Crippen LogP contribution in [0.3, 0.4) is 0 Å². The van der Waals surface area contributed by atoms with Gasteiger partial charge < -0.3 is 9.72 Å². The zero-order valence-corrected chi connectivity index (χ0v) is 14.5. The molecular weight excluding hydrogens is 340 g/mol. The van der Waals surface area contributed by atoms with Gasteiger partial charge in [0, 0.05) is 11.1 Å². The number of hydrogen-bond acceptors (Lipinski definition) is 7. The fourth-order valence-electron chi connectivity index (χ4n) is 2.98. The summed E-state index contributed by atoms with van der Waals surface area (Å²) >= 11 is 1.57. The van der Waals surface area contributed by atoms with Crippen LogP contribution in [0.1, 0.15) is 45.3 Å². The maximum atomic E-state index is 12.4. The number of nitrogens with zero attached hydrogens (tertiary/aromatic N) is 3. The van der Waals surface area contributed by atoms with Crippen LogP contribution < -0.4 is 5.56 Å². The zero-order chi connectivity index (χ0) is 17.4. The molecule has 0 spiro atoms. The first-order valence-corrected chi connectivity index (χ1v) is 8.92. The number of aromatic amines is 1. The molecule has 3 aromatic heterocycles. The minimum absolute atomic E-state index is 0.109. The standard InChI is InChI=1S/C17H16N4O3S/c1-9-6-19-11(7-18-9)17(23)24-8-13-20-15(22)14-10-4-2-3-5-12(10)25-16(14)21-13/h6-7H,2-5,8H2,1H3,(H,20,21,22). The summed E-state index contributed by atoms with van der Waals surface area (Å²) in [6.45, 7) is 1.68. The Bertz CT molecular complexity index is 1010. The number of nitrogens with one attached hydrogen (secondary N) is 1. The molecule has 0 bridgehead atoms. The lowest BCUT2D eigenvalue weighted by Crippen LogP contribution is -2.15. The van der Waals surface area contributed by atoms with E-state index in [4.69, 9.17) is 4.74 Å². The van der Waals surface area contributed by atoms with Crippen molar-refractivity contribution in [1.82, 2.24) is 19.9 Å². The van der Waals surface area contributed by atoms with Crippen LogP contribution in [0.25, 0.3) is 10.2 Å². The number of aryl methyl sites for hydroxylation is 3. The van der Waals surface area contributed by atoms with Crippen molar-refractivity contribution in [3.63, 3.8) is 0 Å². The molecule has 25 heavy (non-hydrogen) atoms. The number of carbonyl (C=O) groups excluding carboxylic acids is 1. The molecule has 0 unspecified atom stereocenters. The lowest BCUT2D eigenvalue weighted by molar-refractivity contribution is 0.0455. The SMILES string of the molecule is Cc1cnc(C(=O)OCc2nc3sc4c(c3c(=O)[nH]2)CCCC4)cn1. The normalized spacial score (nSPS) is 13.6. The van der Waals surface area contributed by atoms with E-state index in [-0.39, 0.29) is 17.9 Å². The predicted molar refractivity (Wildman–Crippen MR) is 92.8 cm³/mol. The number of thiophene rings is 1. The highest BCUT2D eigenvalue weighted by Crippen LogP contribution is 2.33. The Kier molecular flexibility index (Phi) is 4.04. The third-order valence-electron chi connectivity index (χ3n) is 4.20. The largest absolute Gasteiger partial charge is 0.453 e. The van der Waals surface area contributed by atoms with Crippen LogP contribution in [-0.4, -0.2) is 25.9 Å². The number of esters is 1. The molecule has 1 N–H and O–H groups in total. The molecule has 0 radical (unpaired) electrons. The highest BCUT2D eigenvalue weighted by molar-refractivity contribution is 7.18. The minimum Gasteiger partial charge on any atom is -0.453 e. The lowest BCUT2D eigenvalue weighted by atomic mass is 9.97. The van der Waals surface area contributed by atoms with E-state index in [9.17, 15) is 9.59 Å². The van der Waals surface area contributed by atoms with Crippen LogP contribution in [0.15, 0.2) is 17.2 Å². The van der Waals surface area contributed by atoms with Gasteiger partial charge in [0.1, 0.15) is 17.3 Å². The Labute approximate surface area is 147 Å². The van der Waals surface area contributed by atoms with Gasteiger partial charge in [-0.2, -0.15) is 0 Å². The summed E-state index contributed by atoms with van der Waals surface area (Å²) < 4.78 is 5.19. The highest BCUT2D eigenvalue weighted by Gasteiger charge is 2.20. The Morgan fingerprint density at radius 2 is 2.12 bits per heavy atom. The molecule has 0 fully saturated rings. The second-order valence-corrected chi connectivity index (χ2v) is 7.11. The first kappa shape index (κ1) is 15.9. The van der Waals surface area contributed by atoms with E-state index in [0.717, 1.165) is 41.8 Å². The van der Waals surface area contributed by atoms with Gasteiger partial charge in [-0.1, -0.05) is 0 Å². The average molecular weight is 356 g/mol. The maximum Gasteiger partial charge on any atom is 0.358 e. The fourth-order valence-corrected chi connectivity index (χ4v) is 4.26. The van der Waals surface area contributed by atoms with Gasteiger partial charge in [0.2, 0.25) is 0 Å². The van der Waals surface area contributed by atoms with Crippen LogP contribution in [0, 0.1) is 6.92 Å². The van der Waals surface area contributed by atoms with E-state index < -0.39 is 5.97 Å². The summed E-state index contributed by atoms with van der Waals surface area (Å²) in [5.41, 5.74) is 1.82. The van der Waals surface area contributed by atoms with Crippen LogP contribution >= 0.6 is 11.3 Å². The van der Waals surface area contributed by atoms with E-state index in [1.165, 1.54) is 17.3 Å². The Hall–Kier alpha value is -2.61. The van der Waals surface area contributed by atoms with Gasteiger partial charge in [0.05, 0.1) is 17.3 Å². The minimum atomic E-state index is -0.597. The van der Waals surface area contributed by atoms with Gasteiger partial charge in [-0.15, -0.1) is 11.3 Å². The number of hydrogen-bond donors (Lipinski definition) is 1. The van der Waals surface area contributed by atoms with E-state index >= 15 is 0 Å². The first-order valence-electron chi connectivity index (χ1n) is 8.11. The van der Waals surface area contributed by atoms with Crippen molar-refractivity contribution in [1.29, 1.82) is 0 Å². The molecule has 1 aliphatic carbocycles. The van der Waals surface area contributed by atoms with Crippen molar-refractivity contribution in [2.45, 2.75) is 39.2 Å². The summed E-state index contributed by atoms with van der Waals surface area (Å²) in [7, 11) is 0. The Morgan fingerprint density at radius 3 is 2.92 bits per heavy atom. The molecule has 0 aliphatic heterocycles. The van der Waals surface area contributed by atoms with Crippen molar-refractivity contribution >= 4 is 27.5 Å². The quantitative estimate of drug-likeness (QED) is 0.723. The monoisotopic (exact) mass is 356 g/mol. The van der Waals surface area contributed by atoms with Crippen molar-refractivity contribution in [3.05, 3.63) is 50.4 Å². The van der Waals surface area contributed by atoms with Crippen LogP contribution in [-0.2, 0) is 24.2 Å². The third kappa shape index (κ3) is 3.05. The summed E-state index contributed by atoms with van der Waals surface area (Å²) in [4.78, 5) is 41.6. The molecule has 1 aliphatic rings. The van der Waals surface area contributed by atoms with Crippen LogP contribution in [0.5, 0.6) is 0 Å². The van der Waals surface area contributed by atoms with E-state index in [1.54, 1.807) is 18.3 Å². The molecule has 0 amide bonds. The average Bonchev–Trinajstić information content (AvgIpc) is 2.99. The molecule has 0 atom stereocenters. The number of aromatic nitrogens is 4. The molecule has 0 saturated carbocycles. The number of rotatable bonds is 3. The molecule has 7 nitrogen and oxygen atoms in total. The lowest BCUT2D eigenvalue weighted by Gasteiger charge is -2.09. The zero-order valence-electron chi connectivity index (χ0n) is 13.7. The van der Waals surface area contributed by atoms with Gasteiger partial charge in [0.25, 0.3) is 5.56 Å². The summed E-state index contributed by atoms with van der Waals surface area (Å²) in [6, 6.07) is 0. The number of H-pyrrole nitrogens is 1. The van der Waals surface area contributed by atoms with Crippen molar-refractivity contribution in [2.24, 2.45) is 0 Å². The molecular formula is C17H16N4O3S. The van der Waals surface area contributed by atoms with Crippen LogP contribution in [0.4, 0.5) is 0 Å². The molecule has 3 heterocycles. The second-order valence-electron chi connectivity index (χ2n) is 6.02. The van der Waals surface area contributed by atoms with Gasteiger partial charge in [-0.05, 0) is 38.2 Å². The van der Waals surface area contributed by atoms with Gasteiger partial charge in [-0.3, -0.25) is 9.78 Å². The fraction of sp³-hybridized carbons (Fsp3) is 0.353. The molecule has 3 aromatic rings. The topological polar surface area (TPSA) is 97.8 Å². The van der Waals surface area contributed by atoms with E-state index in [1.807, 2.05) is 0 Å². The summed E-state index contributed by atoms with van der Waals surface area (Å²) in [6.07, 6.45) is 7.06.